The monoisotopic (exact) mass is 360 g/mol. The Morgan fingerprint density at radius 2 is 1.54 bits per heavy atom. The zero-order chi connectivity index (χ0) is 18.4. The molecule has 6 nitrogen and oxygen atoms in total. The Morgan fingerprint density at radius 1 is 1.00 bits per heavy atom. The van der Waals surface area contributed by atoms with Crippen molar-refractivity contribution in [2.24, 2.45) is 0 Å². The number of para-hydroxylation sites is 1. The molecule has 2 aliphatic rings. The predicted molar refractivity (Wildman–Crippen MR) is 98.9 cm³/mol. The quantitative estimate of drug-likeness (QED) is 0.534. The van der Waals surface area contributed by atoms with Crippen LogP contribution in [0.1, 0.15) is 69.8 Å². The number of hydrogen-bond acceptors (Lipinski definition) is 4. The molecule has 0 saturated heterocycles. The van der Waals surface area contributed by atoms with Crippen molar-refractivity contribution in [1.82, 2.24) is 4.90 Å². The van der Waals surface area contributed by atoms with E-state index in [1.165, 1.54) is 18.9 Å². The molecular weight excluding hydrogens is 332 g/mol. The molecule has 0 heterocycles. The molecule has 1 aromatic rings. The van der Waals surface area contributed by atoms with Crippen molar-refractivity contribution in [2.75, 3.05) is 0 Å². The average molecular weight is 360 g/mol. The molecule has 0 aromatic heterocycles. The van der Waals surface area contributed by atoms with Gasteiger partial charge in [0.2, 0.25) is 0 Å². The minimum Gasteiger partial charge on any atom is -0.444 e. The first-order valence-corrected chi connectivity index (χ1v) is 9.84. The average Bonchev–Trinajstić information content (AvgIpc) is 2.68. The zero-order valence-corrected chi connectivity index (χ0v) is 15.3. The lowest BCUT2D eigenvalue weighted by atomic mass is 9.89. The highest BCUT2D eigenvalue weighted by Crippen LogP contribution is 2.31. The molecule has 3 rings (SSSR count). The van der Waals surface area contributed by atoms with Crippen LogP contribution in [0.4, 0.5) is 10.5 Å². The summed E-state index contributed by atoms with van der Waals surface area (Å²) in [5.74, 6) is 0. The Labute approximate surface area is 154 Å². The zero-order valence-electron chi connectivity index (χ0n) is 15.3. The van der Waals surface area contributed by atoms with Gasteiger partial charge < -0.3 is 9.64 Å². The number of amides is 1. The molecule has 2 fully saturated rings. The van der Waals surface area contributed by atoms with E-state index in [1.807, 2.05) is 4.90 Å². The van der Waals surface area contributed by atoms with Gasteiger partial charge in [0.25, 0.3) is 5.69 Å². The van der Waals surface area contributed by atoms with Gasteiger partial charge in [-0.2, -0.15) is 0 Å². The van der Waals surface area contributed by atoms with Crippen LogP contribution in [0.15, 0.2) is 24.3 Å². The van der Waals surface area contributed by atoms with Crippen molar-refractivity contribution >= 4 is 11.8 Å². The van der Waals surface area contributed by atoms with Gasteiger partial charge in [-0.3, -0.25) is 10.1 Å². The van der Waals surface area contributed by atoms with Crippen LogP contribution in [0.5, 0.6) is 0 Å². The molecule has 1 amide bonds. The van der Waals surface area contributed by atoms with Gasteiger partial charge >= 0.3 is 6.09 Å². The maximum absolute atomic E-state index is 12.9. The van der Waals surface area contributed by atoms with Gasteiger partial charge in [0.05, 0.1) is 10.5 Å². The Hall–Kier alpha value is -2.11. The van der Waals surface area contributed by atoms with Gasteiger partial charge in [0, 0.05) is 18.2 Å². The number of benzene rings is 1. The largest absolute Gasteiger partial charge is 0.444 e. The van der Waals surface area contributed by atoms with E-state index in [-0.39, 0.29) is 30.5 Å². The minimum absolute atomic E-state index is 0.00202. The van der Waals surface area contributed by atoms with E-state index in [9.17, 15) is 14.9 Å². The van der Waals surface area contributed by atoms with E-state index >= 15 is 0 Å². The van der Waals surface area contributed by atoms with Gasteiger partial charge in [0.1, 0.15) is 6.61 Å². The van der Waals surface area contributed by atoms with Crippen molar-refractivity contribution in [1.29, 1.82) is 0 Å². The highest BCUT2D eigenvalue weighted by Gasteiger charge is 2.33. The second-order valence-corrected chi connectivity index (χ2v) is 7.43. The molecule has 2 aliphatic carbocycles. The standard InChI is InChI=1S/C20H28N2O4/c23-20(26-15-16-9-7-8-14-19(16)22(24)25)21(17-10-3-1-4-11-17)18-12-5-2-6-13-18/h7-9,14,17-18H,1-6,10-13,15H2. The summed E-state index contributed by atoms with van der Waals surface area (Å²) in [6.07, 6.45) is 11.0. The van der Waals surface area contributed by atoms with Gasteiger partial charge in [0.15, 0.2) is 0 Å². The molecule has 0 unspecified atom stereocenters. The van der Waals surface area contributed by atoms with Gasteiger partial charge in [-0.25, -0.2) is 4.79 Å². The van der Waals surface area contributed by atoms with Gasteiger partial charge in [-0.15, -0.1) is 0 Å². The molecule has 6 heteroatoms. The smallest absolute Gasteiger partial charge is 0.410 e. The van der Waals surface area contributed by atoms with Crippen LogP contribution >= 0.6 is 0 Å². The normalized spacial score (nSPS) is 19.1. The lowest BCUT2D eigenvalue weighted by Gasteiger charge is -2.40. The summed E-state index contributed by atoms with van der Waals surface area (Å²) < 4.78 is 5.57. The lowest BCUT2D eigenvalue weighted by Crippen LogP contribution is -2.49. The molecule has 0 spiro atoms. The van der Waals surface area contributed by atoms with Gasteiger partial charge in [-0.05, 0) is 31.7 Å². The van der Waals surface area contributed by atoms with E-state index in [4.69, 9.17) is 4.74 Å². The highest BCUT2D eigenvalue weighted by molar-refractivity contribution is 5.68. The Kier molecular flexibility index (Phi) is 6.47. The first kappa shape index (κ1) is 18.7. The van der Waals surface area contributed by atoms with Crippen molar-refractivity contribution < 1.29 is 14.5 Å². The Balaban J connectivity index is 1.69. The number of nitro benzene ring substituents is 1. The van der Waals surface area contributed by atoms with Crippen molar-refractivity contribution in [3.63, 3.8) is 0 Å². The number of nitro groups is 1. The summed E-state index contributed by atoms with van der Waals surface area (Å²) in [4.78, 5) is 25.6. The Bertz CT molecular complexity index is 604. The third-order valence-electron chi connectivity index (χ3n) is 5.69. The third-order valence-corrected chi connectivity index (χ3v) is 5.69. The van der Waals surface area contributed by atoms with E-state index in [2.05, 4.69) is 0 Å². The first-order valence-electron chi connectivity index (χ1n) is 9.84. The maximum atomic E-state index is 12.9. The van der Waals surface area contributed by atoms with E-state index in [1.54, 1.807) is 18.2 Å². The van der Waals surface area contributed by atoms with Crippen LogP contribution in [-0.4, -0.2) is 28.0 Å². The second kappa shape index (κ2) is 9.01. The first-order chi connectivity index (χ1) is 12.7. The SMILES string of the molecule is O=C(OCc1ccccc1[N+](=O)[O-])N(C1CCCCC1)C1CCCCC1. The summed E-state index contributed by atoms with van der Waals surface area (Å²) in [6, 6.07) is 6.96. The number of carbonyl (C=O) groups excluding carboxylic acids is 1. The number of nitrogens with zero attached hydrogens (tertiary/aromatic N) is 2. The van der Waals surface area contributed by atoms with E-state index < -0.39 is 4.92 Å². The summed E-state index contributed by atoms with van der Waals surface area (Å²) in [7, 11) is 0. The molecule has 0 radical (unpaired) electrons. The topological polar surface area (TPSA) is 72.7 Å². The third kappa shape index (κ3) is 4.54. The predicted octanol–water partition coefficient (Wildman–Crippen LogP) is 5.20. The molecule has 2 saturated carbocycles. The van der Waals surface area contributed by atoms with Crippen LogP contribution in [0, 0.1) is 10.1 Å². The fourth-order valence-corrected chi connectivity index (χ4v) is 4.34. The van der Waals surface area contributed by atoms with Crippen molar-refractivity contribution in [3.05, 3.63) is 39.9 Å². The molecule has 0 atom stereocenters. The summed E-state index contributed by atoms with van der Waals surface area (Å²) in [5, 5.41) is 11.1. The summed E-state index contributed by atoms with van der Waals surface area (Å²) in [6.45, 7) is -0.0497. The van der Waals surface area contributed by atoms with E-state index in [0.29, 0.717) is 5.56 Å². The van der Waals surface area contributed by atoms with Crippen LogP contribution < -0.4 is 0 Å². The molecule has 1 aromatic carbocycles. The van der Waals surface area contributed by atoms with Crippen LogP contribution in [0.3, 0.4) is 0 Å². The van der Waals surface area contributed by atoms with Crippen LogP contribution in [0.25, 0.3) is 0 Å². The van der Waals surface area contributed by atoms with E-state index in [0.717, 1.165) is 51.4 Å². The lowest BCUT2D eigenvalue weighted by molar-refractivity contribution is -0.385. The number of carbonyl (C=O) groups is 1. The van der Waals surface area contributed by atoms with Crippen molar-refractivity contribution in [2.45, 2.75) is 82.9 Å². The molecule has 0 bridgehead atoms. The van der Waals surface area contributed by atoms with Crippen LogP contribution in [-0.2, 0) is 11.3 Å². The van der Waals surface area contributed by atoms with Crippen molar-refractivity contribution in [3.8, 4) is 0 Å². The fraction of sp³-hybridized carbons (Fsp3) is 0.650. The number of ether oxygens (including phenoxy) is 1. The fourth-order valence-electron chi connectivity index (χ4n) is 4.34. The molecule has 142 valence electrons. The van der Waals surface area contributed by atoms with Gasteiger partial charge in [-0.1, -0.05) is 50.7 Å². The number of hydrogen-bond donors (Lipinski definition) is 0. The number of rotatable bonds is 5. The molecule has 26 heavy (non-hydrogen) atoms. The molecular formula is C20H28N2O4. The Morgan fingerprint density at radius 3 is 2.08 bits per heavy atom. The highest BCUT2D eigenvalue weighted by atomic mass is 16.6. The summed E-state index contributed by atoms with van der Waals surface area (Å²) in [5.41, 5.74) is 0.445. The van der Waals surface area contributed by atoms with Crippen LogP contribution in [0.2, 0.25) is 0 Å². The minimum atomic E-state index is -0.427. The molecule has 0 aliphatic heterocycles. The second-order valence-electron chi connectivity index (χ2n) is 7.43. The summed E-state index contributed by atoms with van der Waals surface area (Å²) >= 11 is 0. The maximum Gasteiger partial charge on any atom is 0.410 e. The molecule has 0 N–H and O–H groups in total.